The first kappa shape index (κ1) is 31.9. The molecule has 3 aromatic carbocycles. The maximum absolute atomic E-state index is 14.0. The zero-order chi connectivity index (χ0) is 30.3. The molecule has 0 saturated carbocycles. The van der Waals surface area contributed by atoms with Gasteiger partial charge in [0.15, 0.2) is 0 Å². The number of halogens is 2. The Morgan fingerprint density at radius 3 is 2.20 bits per heavy atom. The van der Waals surface area contributed by atoms with Gasteiger partial charge in [0.25, 0.3) is 10.0 Å². The van der Waals surface area contributed by atoms with Crippen LogP contribution in [0.15, 0.2) is 71.6 Å². The Hall–Kier alpha value is -3.63. The first-order chi connectivity index (χ1) is 19.4. The lowest BCUT2D eigenvalue weighted by molar-refractivity contribution is -0.140. The highest BCUT2D eigenvalue weighted by molar-refractivity contribution is 7.92. The van der Waals surface area contributed by atoms with Gasteiger partial charge in [-0.2, -0.15) is 0 Å². The number of aryl methyl sites for hydroxylation is 1. The van der Waals surface area contributed by atoms with Crippen molar-refractivity contribution in [2.75, 3.05) is 18.0 Å². The van der Waals surface area contributed by atoms with E-state index in [4.69, 9.17) is 16.3 Å². The molecule has 0 heterocycles. The van der Waals surface area contributed by atoms with Gasteiger partial charge in [0.2, 0.25) is 11.8 Å². The van der Waals surface area contributed by atoms with Gasteiger partial charge in [-0.15, -0.1) is 0 Å². The summed E-state index contributed by atoms with van der Waals surface area (Å²) >= 11 is 6.35. The highest BCUT2D eigenvalue weighted by Crippen LogP contribution is 2.32. The topological polar surface area (TPSA) is 96.0 Å². The van der Waals surface area contributed by atoms with Crippen LogP contribution in [0.25, 0.3) is 0 Å². The Balaban J connectivity index is 2.09. The van der Waals surface area contributed by atoms with Gasteiger partial charge in [0.1, 0.15) is 24.2 Å². The SMILES string of the molecule is CCC(C(=O)NC(C)C)N(Cc1ccc(F)cc1)C(=O)CN(c1ccc(OC)c(Cl)c1)S(=O)(=O)c1ccc(C)cc1. The summed E-state index contributed by atoms with van der Waals surface area (Å²) in [6.45, 7) is 6.55. The molecule has 0 fully saturated rings. The van der Waals surface area contributed by atoms with E-state index in [1.54, 1.807) is 32.9 Å². The summed E-state index contributed by atoms with van der Waals surface area (Å²) in [5, 5.41) is 2.99. The first-order valence-electron chi connectivity index (χ1n) is 13.1. The molecule has 1 unspecified atom stereocenters. The molecule has 1 N–H and O–H groups in total. The molecule has 2 amide bonds. The number of carbonyl (C=O) groups excluding carboxylic acids is 2. The van der Waals surface area contributed by atoms with Crippen LogP contribution in [-0.4, -0.2) is 50.9 Å². The van der Waals surface area contributed by atoms with E-state index >= 15 is 0 Å². The highest BCUT2D eigenvalue weighted by atomic mass is 35.5. The summed E-state index contributed by atoms with van der Waals surface area (Å²) in [7, 11) is -2.81. The van der Waals surface area contributed by atoms with Crippen LogP contribution in [0.2, 0.25) is 5.02 Å². The fourth-order valence-electron chi connectivity index (χ4n) is 4.26. The molecule has 3 aromatic rings. The van der Waals surface area contributed by atoms with Crippen molar-refractivity contribution in [3.63, 3.8) is 0 Å². The molecule has 0 bridgehead atoms. The van der Waals surface area contributed by atoms with Crippen molar-refractivity contribution in [1.29, 1.82) is 0 Å². The normalized spacial score (nSPS) is 12.1. The molecule has 0 saturated heterocycles. The predicted octanol–water partition coefficient (Wildman–Crippen LogP) is 5.32. The van der Waals surface area contributed by atoms with Crippen molar-refractivity contribution in [3.05, 3.63) is 88.7 Å². The van der Waals surface area contributed by atoms with E-state index in [2.05, 4.69) is 5.32 Å². The van der Waals surface area contributed by atoms with Crippen LogP contribution >= 0.6 is 11.6 Å². The van der Waals surface area contributed by atoms with E-state index in [9.17, 15) is 22.4 Å². The summed E-state index contributed by atoms with van der Waals surface area (Å²) in [5.41, 5.74) is 1.59. The minimum Gasteiger partial charge on any atom is -0.495 e. The minimum absolute atomic E-state index is 0.0162. The van der Waals surface area contributed by atoms with Crippen molar-refractivity contribution < 1.29 is 27.1 Å². The van der Waals surface area contributed by atoms with E-state index in [0.717, 1.165) is 9.87 Å². The number of rotatable bonds is 12. The fraction of sp³-hybridized carbons (Fsp3) is 0.333. The largest absolute Gasteiger partial charge is 0.495 e. The van der Waals surface area contributed by atoms with Gasteiger partial charge in [-0.3, -0.25) is 13.9 Å². The number of benzene rings is 3. The third-order valence-corrected chi connectivity index (χ3v) is 8.48. The maximum Gasteiger partial charge on any atom is 0.264 e. The zero-order valence-electron chi connectivity index (χ0n) is 23.7. The van der Waals surface area contributed by atoms with Gasteiger partial charge >= 0.3 is 0 Å². The van der Waals surface area contributed by atoms with Crippen molar-refractivity contribution in [2.24, 2.45) is 0 Å². The van der Waals surface area contributed by atoms with Crippen LogP contribution in [-0.2, 0) is 26.2 Å². The third-order valence-electron chi connectivity index (χ3n) is 6.39. The number of carbonyl (C=O) groups is 2. The van der Waals surface area contributed by atoms with E-state index in [1.165, 1.54) is 66.6 Å². The third kappa shape index (κ3) is 7.98. The molecule has 1 atom stereocenters. The number of methoxy groups -OCH3 is 1. The van der Waals surface area contributed by atoms with Gasteiger partial charge in [-0.25, -0.2) is 12.8 Å². The smallest absolute Gasteiger partial charge is 0.264 e. The Morgan fingerprint density at radius 2 is 1.66 bits per heavy atom. The minimum atomic E-state index is -4.25. The van der Waals surface area contributed by atoms with Gasteiger partial charge in [-0.05, 0) is 75.2 Å². The van der Waals surface area contributed by atoms with Crippen LogP contribution < -0.4 is 14.4 Å². The van der Waals surface area contributed by atoms with Crippen LogP contribution in [0, 0.1) is 12.7 Å². The summed E-state index contributed by atoms with van der Waals surface area (Å²) < 4.78 is 47.7. The molecular formula is C30H35ClFN3O5S. The Kier molecular flexibility index (Phi) is 10.8. The second-order valence-electron chi connectivity index (χ2n) is 9.88. The molecule has 0 radical (unpaired) electrons. The highest BCUT2D eigenvalue weighted by Gasteiger charge is 2.34. The van der Waals surface area contributed by atoms with Gasteiger partial charge in [0, 0.05) is 12.6 Å². The monoisotopic (exact) mass is 603 g/mol. The van der Waals surface area contributed by atoms with Gasteiger partial charge in [0.05, 0.1) is 22.7 Å². The number of amides is 2. The average molecular weight is 604 g/mol. The number of anilines is 1. The molecule has 0 aromatic heterocycles. The predicted molar refractivity (Wildman–Crippen MR) is 158 cm³/mol. The molecule has 0 aliphatic rings. The fourth-order valence-corrected chi connectivity index (χ4v) is 5.92. The van der Waals surface area contributed by atoms with Crippen molar-refractivity contribution in [3.8, 4) is 5.75 Å². The summed E-state index contributed by atoms with van der Waals surface area (Å²) in [6, 6.07) is 15.2. The lowest BCUT2D eigenvalue weighted by Crippen LogP contribution is -2.53. The van der Waals surface area contributed by atoms with Crippen LogP contribution in [0.1, 0.15) is 38.3 Å². The number of sulfonamides is 1. The number of ether oxygens (including phenoxy) is 1. The molecular weight excluding hydrogens is 569 g/mol. The molecule has 8 nitrogen and oxygen atoms in total. The van der Waals surface area contributed by atoms with Crippen LogP contribution in [0.5, 0.6) is 5.75 Å². The molecule has 11 heteroatoms. The zero-order valence-corrected chi connectivity index (χ0v) is 25.3. The molecule has 0 aliphatic carbocycles. The molecule has 41 heavy (non-hydrogen) atoms. The molecule has 3 rings (SSSR count). The Bertz CT molecular complexity index is 1460. The average Bonchev–Trinajstić information content (AvgIpc) is 2.92. The number of hydrogen-bond donors (Lipinski definition) is 1. The Labute approximate surface area is 246 Å². The second kappa shape index (κ2) is 13.8. The van der Waals surface area contributed by atoms with Gasteiger partial charge < -0.3 is 15.0 Å². The van der Waals surface area contributed by atoms with Crippen molar-refractivity contribution in [2.45, 2.75) is 57.6 Å². The number of nitrogens with zero attached hydrogens (tertiary/aromatic N) is 2. The van der Waals surface area contributed by atoms with Crippen LogP contribution in [0.3, 0.4) is 0 Å². The van der Waals surface area contributed by atoms with Crippen molar-refractivity contribution >= 4 is 39.1 Å². The number of nitrogens with one attached hydrogen (secondary N) is 1. The Morgan fingerprint density at radius 1 is 1.02 bits per heavy atom. The lowest BCUT2D eigenvalue weighted by Gasteiger charge is -2.33. The van der Waals surface area contributed by atoms with E-state index in [0.29, 0.717) is 11.3 Å². The van der Waals surface area contributed by atoms with E-state index in [1.807, 2.05) is 6.92 Å². The first-order valence-corrected chi connectivity index (χ1v) is 15.0. The van der Waals surface area contributed by atoms with E-state index < -0.39 is 34.3 Å². The summed E-state index contributed by atoms with van der Waals surface area (Å²) in [6.07, 6.45) is 0.268. The summed E-state index contributed by atoms with van der Waals surface area (Å²) in [5.74, 6) is -1.10. The standard InChI is InChI=1S/C30H35ClFN3O5S/c1-6-27(30(37)33-20(2)3)34(18-22-9-11-23(32)12-10-22)29(36)19-35(24-13-16-28(40-5)26(31)17-24)41(38,39)25-14-7-21(4)8-15-25/h7-17,20,27H,6,18-19H2,1-5H3,(H,33,37). The summed E-state index contributed by atoms with van der Waals surface area (Å²) in [4.78, 5) is 28.5. The second-order valence-corrected chi connectivity index (χ2v) is 12.1. The van der Waals surface area contributed by atoms with Crippen molar-refractivity contribution in [1.82, 2.24) is 10.2 Å². The molecule has 0 aliphatic heterocycles. The quantitative estimate of drug-likeness (QED) is 0.302. The van der Waals surface area contributed by atoms with Gasteiger partial charge in [-0.1, -0.05) is 48.4 Å². The molecule has 220 valence electrons. The number of hydrogen-bond acceptors (Lipinski definition) is 5. The maximum atomic E-state index is 14.0. The lowest BCUT2D eigenvalue weighted by atomic mass is 10.1. The molecule has 0 spiro atoms. The van der Waals surface area contributed by atoms with E-state index in [-0.39, 0.29) is 40.5 Å². The van der Waals surface area contributed by atoms with Crippen LogP contribution in [0.4, 0.5) is 10.1 Å².